The molecule has 1 aliphatic heterocycles. The van der Waals surface area contributed by atoms with Gasteiger partial charge in [-0.1, -0.05) is 20.3 Å². The molecule has 1 fully saturated rings. The van der Waals surface area contributed by atoms with E-state index in [4.69, 9.17) is 9.47 Å². The summed E-state index contributed by atoms with van der Waals surface area (Å²) in [5.41, 5.74) is 0. The Kier molecular flexibility index (Phi) is 3.87. The third-order valence-corrected chi connectivity index (χ3v) is 1.85. The van der Waals surface area contributed by atoms with Gasteiger partial charge in [0.15, 0.2) is 0 Å². The Bertz CT molecular complexity index is 99.7. The zero-order valence-corrected chi connectivity index (χ0v) is 7.21. The van der Waals surface area contributed by atoms with Crippen LogP contribution in [0.15, 0.2) is 0 Å². The summed E-state index contributed by atoms with van der Waals surface area (Å²) in [4.78, 5) is 0. The molecule has 2 heteroatoms. The van der Waals surface area contributed by atoms with Crippen molar-refractivity contribution >= 4 is 0 Å². The van der Waals surface area contributed by atoms with Crippen molar-refractivity contribution in [3.8, 4) is 0 Å². The van der Waals surface area contributed by atoms with Gasteiger partial charge in [0.05, 0.1) is 19.3 Å². The molecule has 1 rings (SSSR count). The molecule has 2 unspecified atom stereocenters. The SMILES string of the molecule is [CH2]CC(CCC)OCC1CO1. The lowest BCUT2D eigenvalue weighted by atomic mass is 10.2. The lowest BCUT2D eigenvalue weighted by molar-refractivity contribution is 0.0384. The highest BCUT2D eigenvalue weighted by atomic mass is 16.6. The average molecular weight is 157 g/mol. The van der Waals surface area contributed by atoms with E-state index in [1.165, 1.54) is 6.42 Å². The molecule has 1 radical (unpaired) electrons. The molecule has 0 spiro atoms. The minimum atomic E-state index is 0.351. The number of ether oxygens (including phenoxy) is 2. The van der Waals surface area contributed by atoms with Gasteiger partial charge in [-0.3, -0.25) is 0 Å². The maximum atomic E-state index is 5.57. The van der Waals surface area contributed by atoms with Crippen molar-refractivity contribution in [1.82, 2.24) is 0 Å². The molecule has 1 heterocycles. The topological polar surface area (TPSA) is 21.8 Å². The predicted octanol–water partition coefficient (Wildman–Crippen LogP) is 1.79. The average Bonchev–Trinajstić information content (AvgIpc) is 2.81. The van der Waals surface area contributed by atoms with E-state index >= 15 is 0 Å². The van der Waals surface area contributed by atoms with Crippen molar-refractivity contribution < 1.29 is 9.47 Å². The van der Waals surface area contributed by atoms with Gasteiger partial charge in [0.25, 0.3) is 0 Å². The highest BCUT2D eigenvalue weighted by Gasteiger charge is 2.23. The first-order valence-corrected chi connectivity index (χ1v) is 4.39. The van der Waals surface area contributed by atoms with E-state index in [9.17, 15) is 0 Å². The van der Waals surface area contributed by atoms with Crippen LogP contribution in [0.3, 0.4) is 0 Å². The monoisotopic (exact) mass is 157 g/mol. The molecule has 0 amide bonds. The molecule has 0 N–H and O–H groups in total. The second-order valence-corrected chi connectivity index (χ2v) is 2.99. The molecule has 65 valence electrons. The quantitative estimate of drug-likeness (QED) is 0.548. The smallest absolute Gasteiger partial charge is 0.104 e. The molecule has 2 atom stereocenters. The summed E-state index contributed by atoms with van der Waals surface area (Å²) in [7, 11) is 0. The predicted molar refractivity (Wildman–Crippen MR) is 44.4 cm³/mol. The fourth-order valence-electron chi connectivity index (χ4n) is 1.04. The van der Waals surface area contributed by atoms with Crippen LogP contribution in [0.2, 0.25) is 0 Å². The molecule has 0 aromatic carbocycles. The third-order valence-electron chi connectivity index (χ3n) is 1.85. The molecule has 0 saturated carbocycles. The van der Waals surface area contributed by atoms with Gasteiger partial charge in [0.1, 0.15) is 6.10 Å². The Balaban J connectivity index is 1.98. The summed E-state index contributed by atoms with van der Waals surface area (Å²) in [6, 6.07) is 0. The zero-order chi connectivity index (χ0) is 8.10. The van der Waals surface area contributed by atoms with Crippen molar-refractivity contribution in [2.75, 3.05) is 13.2 Å². The fraction of sp³-hybridized carbons (Fsp3) is 0.889. The number of rotatable bonds is 6. The largest absolute Gasteiger partial charge is 0.375 e. The lowest BCUT2D eigenvalue weighted by Gasteiger charge is -2.13. The summed E-state index contributed by atoms with van der Waals surface area (Å²) >= 11 is 0. The Morgan fingerprint density at radius 1 is 1.73 bits per heavy atom. The first kappa shape index (κ1) is 9.01. The molecular weight excluding hydrogens is 140 g/mol. The molecule has 1 saturated heterocycles. The van der Waals surface area contributed by atoms with Crippen LogP contribution in [-0.2, 0) is 9.47 Å². The Morgan fingerprint density at radius 2 is 2.45 bits per heavy atom. The van der Waals surface area contributed by atoms with Gasteiger partial charge in [-0.05, 0) is 12.8 Å². The highest BCUT2D eigenvalue weighted by Crippen LogP contribution is 2.13. The van der Waals surface area contributed by atoms with Gasteiger partial charge >= 0.3 is 0 Å². The summed E-state index contributed by atoms with van der Waals surface area (Å²) in [5.74, 6) is 0. The summed E-state index contributed by atoms with van der Waals surface area (Å²) < 4.78 is 10.6. The van der Waals surface area contributed by atoms with Crippen molar-refractivity contribution in [2.24, 2.45) is 0 Å². The minimum Gasteiger partial charge on any atom is -0.375 e. The van der Waals surface area contributed by atoms with Crippen LogP contribution in [0.25, 0.3) is 0 Å². The Labute approximate surface area is 68.9 Å². The maximum Gasteiger partial charge on any atom is 0.104 e. The van der Waals surface area contributed by atoms with Gasteiger partial charge in [-0.25, -0.2) is 0 Å². The van der Waals surface area contributed by atoms with Gasteiger partial charge in [-0.2, -0.15) is 0 Å². The normalized spacial score (nSPS) is 25.1. The number of hydrogen-bond acceptors (Lipinski definition) is 2. The van der Waals surface area contributed by atoms with Gasteiger partial charge < -0.3 is 9.47 Å². The van der Waals surface area contributed by atoms with E-state index < -0.39 is 0 Å². The van der Waals surface area contributed by atoms with Gasteiger partial charge in [-0.15, -0.1) is 0 Å². The van der Waals surface area contributed by atoms with E-state index in [1.54, 1.807) is 0 Å². The summed E-state index contributed by atoms with van der Waals surface area (Å²) in [5, 5.41) is 0. The Hall–Kier alpha value is -0.0800. The first-order chi connectivity index (χ1) is 5.36. The van der Waals surface area contributed by atoms with E-state index in [-0.39, 0.29) is 0 Å². The van der Waals surface area contributed by atoms with Crippen LogP contribution < -0.4 is 0 Å². The summed E-state index contributed by atoms with van der Waals surface area (Å²) in [6.07, 6.45) is 3.91. The molecule has 0 aromatic rings. The second kappa shape index (κ2) is 4.73. The van der Waals surface area contributed by atoms with E-state index in [0.29, 0.717) is 12.2 Å². The van der Waals surface area contributed by atoms with Gasteiger partial charge in [0.2, 0.25) is 0 Å². The highest BCUT2D eigenvalue weighted by molar-refractivity contribution is 4.69. The molecular formula is C9H17O2. The number of hydrogen-bond donors (Lipinski definition) is 0. The third kappa shape index (κ3) is 3.73. The van der Waals surface area contributed by atoms with Crippen molar-refractivity contribution in [3.05, 3.63) is 6.92 Å². The van der Waals surface area contributed by atoms with E-state index in [2.05, 4.69) is 13.8 Å². The van der Waals surface area contributed by atoms with Gasteiger partial charge in [0, 0.05) is 0 Å². The van der Waals surface area contributed by atoms with Crippen LogP contribution in [0.4, 0.5) is 0 Å². The van der Waals surface area contributed by atoms with Crippen LogP contribution in [-0.4, -0.2) is 25.4 Å². The molecule has 0 aliphatic carbocycles. The van der Waals surface area contributed by atoms with E-state index in [0.717, 1.165) is 26.1 Å². The molecule has 0 aromatic heterocycles. The van der Waals surface area contributed by atoms with Crippen LogP contribution in [0, 0.1) is 6.92 Å². The van der Waals surface area contributed by atoms with Crippen LogP contribution >= 0.6 is 0 Å². The molecule has 2 nitrogen and oxygen atoms in total. The molecule has 0 bridgehead atoms. The summed E-state index contributed by atoms with van der Waals surface area (Å²) in [6.45, 7) is 7.65. The standard InChI is InChI=1S/C9H17O2/c1-3-5-8(4-2)10-6-9-7-11-9/h8-9H,2-7H2,1H3. The fourth-order valence-corrected chi connectivity index (χ4v) is 1.04. The number of epoxide rings is 1. The van der Waals surface area contributed by atoms with Crippen LogP contribution in [0.5, 0.6) is 0 Å². The lowest BCUT2D eigenvalue weighted by Crippen LogP contribution is -2.14. The zero-order valence-electron chi connectivity index (χ0n) is 7.21. The van der Waals surface area contributed by atoms with Crippen molar-refractivity contribution in [1.29, 1.82) is 0 Å². The first-order valence-electron chi connectivity index (χ1n) is 4.39. The second-order valence-electron chi connectivity index (χ2n) is 2.99. The molecule has 1 aliphatic rings. The van der Waals surface area contributed by atoms with Crippen molar-refractivity contribution in [3.63, 3.8) is 0 Å². The minimum absolute atomic E-state index is 0.351. The Morgan fingerprint density at radius 3 is 2.91 bits per heavy atom. The molecule has 11 heavy (non-hydrogen) atoms. The van der Waals surface area contributed by atoms with Crippen LogP contribution in [0.1, 0.15) is 26.2 Å². The van der Waals surface area contributed by atoms with Crippen molar-refractivity contribution in [2.45, 2.75) is 38.4 Å². The maximum absolute atomic E-state index is 5.57. The van der Waals surface area contributed by atoms with E-state index in [1.807, 2.05) is 0 Å².